The van der Waals surface area contributed by atoms with Gasteiger partial charge in [0.15, 0.2) is 17.3 Å². The lowest BCUT2D eigenvalue weighted by atomic mass is 10.2. The zero-order chi connectivity index (χ0) is 26.6. The number of pyridine rings is 1. The number of methoxy groups -OCH3 is 3. The van der Waals surface area contributed by atoms with Crippen molar-refractivity contribution in [3.63, 3.8) is 0 Å². The van der Waals surface area contributed by atoms with Gasteiger partial charge >= 0.3 is 0 Å². The Morgan fingerprint density at radius 3 is 2.27 bits per heavy atom. The fourth-order valence-electron chi connectivity index (χ4n) is 3.71. The maximum atomic E-state index is 13.6. The minimum Gasteiger partial charge on any atom is -0.494 e. The van der Waals surface area contributed by atoms with Crippen LogP contribution in [0.2, 0.25) is 0 Å². The zero-order valence-corrected chi connectivity index (χ0v) is 21.8. The van der Waals surface area contributed by atoms with Crippen LogP contribution in [0.3, 0.4) is 0 Å². The summed E-state index contributed by atoms with van der Waals surface area (Å²) in [6.45, 7) is 3.34. The summed E-state index contributed by atoms with van der Waals surface area (Å²) in [7, 11) is 0.243. The minimum absolute atomic E-state index is 0.0880. The number of aryl methyl sites for hydroxylation is 1. The maximum Gasteiger partial charge on any atom is 0.243 e. The molecule has 3 heterocycles. The van der Waals surface area contributed by atoms with Gasteiger partial charge < -0.3 is 14.2 Å². The van der Waals surface area contributed by atoms with Crippen LogP contribution in [0.5, 0.6) is 11.6 Å². The standard InChI is InChI=1S/C24H27N7O5S/c1-15-13-26-21(27-14-15)20(35-4)16(2)37(32,33)30-24-29-28-22(17-9-7-6-8-10-17)31(24)19-18(34-3)11-12-25-23(19)36-5/h6-14,16,20H,1-5H3,(H,29,30)/t16?,20-/m1/s1. The number of ether oxygens (including phenoxy) is 3. The molecule has 0 aliphatic rings. The highest BCUT2D eigenvalue weighted by atomic mass is 32.2. The number of hydrogen-bond acceptors (Lipinski definition) is 10. The maximum absolute atomic E-state index is 13.6. The normalized spacial score (nSPS) is 13.1. The molecule has 0 bridgehead atoms. The van der Waals surface area contributed by atoms with Gasteiger partial charge in [-0.1, -0.05) is 30.3 Å². The molecule has 1 unspecified atom stereocenters. The third-order valence-electron chi connectivity index (χ3n) is 5.64. The Morgan fingerprint density at radius 2 is 1.65 bits per heavy atom. The molecule has 0 radical (unpaired) electrons. The number of nitrogens with zero attached hydrogens (tertiary/aromatic N) is 6. The minimum atomic E-state index is -4.10. The van der Waals surface area contributed by atoms with Crippen molar-refractivity contribution < 1.29 is 22.6 Å². The molecule has 0 amide bonds. The summed E-state index contributed by atoms with van der Waals surface area (Å²) in [5.74, 6) is 1.07. The third-order valence-corrected chi connectivity index (χ3v) is 7.34. The van der Waals surface area contributed by atoms with Crippen LogP contribution in [0.1, 0.15) is 24.4 Å². The average Bonchev–Trinajstić information content (AvgIpc) is 3.32. The van der Waals surface area contributed by atoms with E-state index in [4.69, 9.17) is 14.2 Å². The van der Waals surface area contributed by atoms with Gasteiger partial charge in [0.1, 0.15) is 17.1 Å². The highest BCUT2D eigenvalue weighted by molar-refractivity contribution is 7.93. The molecule has 4 aromatic rings. The fraction of sp³-hybridized carbons (Fsp3) is 0.292. The molecule has 194 valence electrons. The smallest absolute Gasteiger partial charge is 0.243 e. The monoisotopic (exact) mass is 525 g/mol. The van der Waals surface area contributed by atoms with E-state index in [9.17, 15) is 8.42 Å². The van der Waals surface area contributed by atoms with Crippen LogP contribution in [0.25, 0.3) is 17.1 Å². The predicted octanol–water partition coefficient (Wildman–Crippen LogP) is 2.96. The molecular formula is C24H27N7O5S. The van der Waals surface area contributed by atoms with Crippen LogP contribution in [-0.2, 0) is 14.8 Å². The number of nitrogens with one attached hydrogen (secondary N) is 1. The molecule has 12 nitrogen and oxygen atoms in total. The third kappa shape index (κ3) is 5.22. The highest BCUT2D eigenvalue weighted by Crippen LogP contribution is 2.36. The molecule has 1 aromatic carbocycles. The van der Waals surface area contributed by atoms with Crippen molar-refractivity contribution >= 4 is 16.0 Å². The summed E-state index contributed by atoms with van der Waals surface area (Å²) in [6, 6.07) is 10.8. The Balaban J connectivity index is 1.83. The first-order chi connectivity index (χ1) is 17.8. The van der Waals surface area contributed by atoms with Crippen molar-refractivity contribution in [3.8, 4) is 28.7 Å². The van der Waals surface area contributed by atoms with Crippen LogP contribution >= 0.6 is 0 Å². The first-order valence-electron chi connectivity index (χ1n) is 11.2. The second-order valence-corrected chi connectivity index (χ2v) is 10.1. The van der Waals surface area contributed by atoms with Gasteiger partial charge in [-0.05, 0) is 19.4 Å². The van der Waals surface area contributed by atoms with Gasteiger partial charge in [0.2, 0.25) is 21.9 Å². The van der Waals surface area contributed by atoms with E-state index in [1.54, 1.807) is 18.5 Å². The van der Waals surface area contributed by atoms with Crippen molar-refractivity contribution in [2.75, 3.05) is 26.1 Å². The van der Waals surface area contributed by atoms with Crippen molar-refractivity contribution in [2.45, 2.75) is 25.2 Å². The van der Waals surface area contributed by atoms with Gasteiger partial charge in [0, 0.05) is 37.3 Å². The molecule has 0 aliphatic carbocycles. The van der Waals surface area contributed by atoms with E-state index in [-0.39, 0.29) is 17.7 Å². The topological polar surface area (TPSA) is 143 Å². The molecule has 37 heavy (non-hydrogen) atoms. The molecule has 0 fully saturated rings. The van der Waals surface area contributed by atoms with E-state index < -0.39 is 21.4 Å². The lowest BCUT2D eigenvalue weighted by Crippen LogP contribution is -2.33. The number of benzene rings is 1. The Kier molecular flexibility index (Phi) is 7.64. The Labute approximate surface area is 214 Å². The molecule has 13 heteroatoms. The van der Waals surface area contributed by atoms with E-state index in [0.29, 0.717) is 22.8 Å². The number of aromatic nitrogens is 6. The summed E-state index contributed by atoms with van der Waals surface area (Å²) in [5.41, 5.74) is 1.85. The van der Waals surface area contributed by atoms with Crippen molar-refractivity contribution in [1.82, 2.24) is 29.7 Å². The largest absolute Gasteiger partial charge is 0.494 e. The van der Waals surface area contributed by atoms with E-state index in [1.807, 2.05) is 37.3 Å². The quantitative estimate of drug-likeness (QED) is 0.328. The lowest BCUT2D eigenvalue weighted by Gasteiger charge is -2.22. The molecule has 2 atom stereocenters. The van der Waals surface area contributed by atoms with Gasteiger partial charge in [0.25, 0.3) is 0 Å². The number of hydrogen-bond donors (Lipinski definition) is 1. The Hall–Kier alpha value is -4.10. The summed E-state index contributed by atoms with van der Waals surface area (Å²) in [4.78, 5) is 12.8. The van der Waals surface area contributed by atoms with Crippen molar-refractivity contribution in [3.05, 3.63) is 66.4 Å². The Morgan fingerprint density at radius 1 is 0.946 bits per heavy atom. The van der Waals surface area contributed by atoms with Crippen molar-refractivity contribution in [2.24, 2.45) is 0 Å². The number of anilines is 1. The van der Waals surface area contributed by atoms with E-state index in [2.05, 4.69) is 29.9 Å². The Bertz CT molecular complexity index is 1440. The molecule has 0 spiro atoms. The second-order valence-electron chi connectivity index (χ2n) is 8.05. The number of rotatable bonds is 10. The SMILES string of the molecule is COc1ccnc(OC)c1-n1c(NS(=O)(=O)C(C)[C@@H](OC)c2ncc(C)cn2)nnc1-c1ccccc1. The number of sulfonamides is 1. The highest BCUT2D eigenvalue weighted by Gasteiger charge is 2.35. The second kappa shape index (κ2) is 10.9. The molecule has 0 saturated heterocycles. The van der Waals surface area contributed by atoms with Gasteiger partial charge in [0.05, 0.1) is 14.2 Å². The molecular weight excluding hydrogens is 498 g/mol. The van der Waals surface area contributed by atoms with Crippen LogP contribution in [-0.4, -0.2) is 64.7 Å². The summed E-state index contributed by atoms with van der Waals surface area (Å²) < 4.78 is 47.7. The van der Waals surface area contributed by atoms with Gasteiger partial charge in [-0.2, -0.15) is 0 Å². The lowest BCUT2D eigenvalue weighted by molar-refractivity contribution is 0.0949. The molecule has 4 rings (SSSR count). The van der Waals surface area contributed by atoms with E-state index in [1.165, 1.54) is 39.0 Å². The summed E-state index contributed by atoms with van der Waals surface area (Å²) >= 11 is 0. The first kappa shape index (κ1) is 26.0. The summed E-state index contributed by atoms with van der Waals surface area (Å²) in [5, 5.41) is 7.36. The molecule has 0 aliphatic heterocycles. The van der Waals surface area contributed by atoms with Crippen LogP contribution < -0.4 is 14.2 Å². The molecule has 3 aromatic heterocycles. The molecule has 1 N–H and O–H groups in total. The fourth-order valence-corrected chi connectivity index (χ4v) is 4.84. The van der Waals surface area contributed by atoms with Gasteiger partial charge in [-0.3, -0.25) is 9.29 Å². The van der Waals surface area contributed by atoms with Crippen molar-refractivity contribution in [1.29, 1.82) is 0 Å². The predicted molar refractivity (Wildman–Crippen MR) is 136 cm³/mol. The van der Waals surface area contributed by atoms with E-state index in [0.717, 1.165) is 5.56 Å². The zero-order valence-electron chi connectivity index (χ0n) is 21.0. The van der Waals surface area contributed by atoms with Gasteiger partial charge in [-0.25, -0.2) is 23.4 Å². The van der Waals surface area contributed by atoms with Crippen LogP contribution in [0.4, 0.5) is 5.95 Å². The van der Waals surface area contributed by atoms with E-state index >= 15 is 0 Å². The first-order valence-corrected chi connectivity index (χ1v) is 12.8. The molecule has 0 saturated carbocycles. The summed E-state index contributed by atoms with van der Waals surface area (Å²) in [6.07, 6.45) is 3.78. The van der Waals surface area contributed by atoms with Gasteiger partial charge in [-0.15, -0.1) is 10.2 Å². The average molecular weight is 526 g/mol. The van der Waals surface area contributed by atoms with Crippen LogP contribution in [0, 0.1) is 6.92 Å². The van der Waals surface area contributed by atoms with Crippen LogP contribution in [0.15, 0.2) is 55.0 Å².